The van der Waals surface area contributed by atoms with Crippen LogP contribution in [0, 0.1) is 0 Å². The Morgan fingerprint density at radius 1 is 0.923 bits per heavy atom. The number of para-hydroxylation sites is 2. The molecular formula is C20H12N4O2. The van der Waals surface area contributed by atoms with Gasteiger partial charge in [-0.05, 0) is 30.3 Å². The lowest BCUT2D eigenvalue weighted by Gasteiger charge is -2.04. The Balaban J connectivity index is 1.80. The van der Waals surface area contributed by atoms with Crippen molar-refractivity contribution in [2.75, 3.05) is 0 Å². The van der Waals surface area contributed by atoms with Gasteiger partial charge in [0.25, 0.3) is 0 Å². The minimum absolute atomic E-state index is 0.189. The van der Waals surface area contributed by atoms with Gasteiger partial charge in [0.2, 0.25) is 5.82 Å². The van der Waals surface area contributed by atoms with Gasteiger partial charge in [-0.25, -0.2) is 19.3 Å². The third-order valence-corrected chi connectivity index (χ3v) is 4.38. The standard InChI is InChI=1S/C20H12N4O2/c25-20(26)14-11-16(21-15-7-3-2-6-13(14)15)19-22-18-10-9-12-5-1-4-8-17(12)24(18)23-19/h1-11H,(H,25,26). The molecule has 0 radical (unpaired) electrons. The van der Waals surface area contributed by atoms with Gasteiger partial charge >= 0.3 is 5.97 Å². The number of aromatic nitrogens is 4. The SMILES string of the molecule is O=C(O)c1cc(-c2nc3ccc4ccccc4n3n2)nc2ccccc12. The molecule has 0 unspecified atom stereocenters. The van der Waals surface area contributed by atoms with E-state index in [0.29, 0.717) is 28.1 Å². The lowest BCUT2D eigenvalue weighted by Crippen LogP contribution is -2.00. The van der Waals surface area contributed by atoms with Gasteiger partial charge in [-0.1, -0.05) is 36.4 Å². The fourth-order valence-electron chi connectivity index (χ4n) is 3.17. The van der Waals surface area contributed by atoms with Crippen molar-refractivity contribution in [1.82, 2.24) is 19.6 Å². The highest BCUT2D eigenvalue weighted by atomic mass is 16.4. The summed E-state index contributed by atoms with van der Waals surface area (Å²) in [6.07, 6.45) is 0. The molecule has 0 aliphatic heterocycles. The van der Waals surface area contributed by atoms with E-state index in [0.717, 1.165) is 10.9 Å². The lowest BCUT2D eigenvalue weighted by atomic mass is 10.1. The average molecular weight is 340 g/mol. The zero-order valence-corrected chi connectivity index (χ0v) is 13.5. The van der Waals surface area contributed by atoms with Gasteiger partial charge in [0.15, 0.2) is 5.65 Å². The van der Waals surface area contributed by atoms with Crippen LogP contribution in [-0.4, -0.2) is 30.7 Å². The van der Waals surface area contributed by atoms with Crippen molar-refractivity contribution in [3.63, 3.8) is 0 Å². The van der Waals surface area contributed by atoms with Crippen molar-refractivity contribution in [3.05, 3.63) is 72.3 Å². The van der Waals surface area contributed by atoms with Crippen molar-refractivity contribution in [2.24, 2.45) is 0 Å². The molecule has 0 saturated carbocycles. The van der Waals surface area contributed by atoms with Crippen LogP contribution in [0.3, 0.4) is 0 Å². The molecule has 124 valence electrons. The molecule has 6 nitrogen and oxygen atoms in total. The van der Waals surface area contributed by atoms with Gasteiger partial charge in [0.05, 0.1) is 16.6 Å². The number of rotatable bonds is 2. The van der Waals surface area contributed by atoms with Crippen molar-refractivity contribution < 1.29 is 9.90 Å². The largest absolute Gasteiger partial charge is 0.478 e. The van der Waals surface area contributed by atoms with Gasteiger partial charge in [0.1, 0.15) is 5.69 Å². The number of pyridine rings is 2. The Labute approximate surface area is 147 Å². The number of nitrogens with zero attached hydrogens (tertiary/aromatic N) is 4. The van der Waals surface area contributed by atoms with Crippen LogP contribution in [0.1, 0.15) is 10.4 Å². The van der Waals surface area contributed by atoms with E-state index >= 15 is 0 Å². The summed E-state index contributed by atoms with van der Waals surface area (Å²) in [5.74, 6) is -0.603. The molecule has 0 aliphatic carbocycles. The second-order valence-electron chi connectivity index (χ2n) is 5.97. The summed E-state index contributed by atoms with van der Waals surface area (Å²) in [6, 6.07) is 20.5. The number of hydrogen-bond acceptors (Lipinski definition) is 4. The van der Waals surface area contributed by atoms with E-state index in [-0.39, 0.29) is 5.56 Å². The summed E-state index contributed by atoms with van der Waals surface area (Å²) in [5.41, 5.74) is 2.85. The predicted octanol–water partition coefficient (Wildman–Crippen LogP) is 3.80. The first-order valence-corrected chi connectivity index (χ1v) is 8.09. The second-order valence-corrected chi connectivity index (χ2v) is 5.97. The van der Waals surface area contributed by atoms with E-state index in [1.54, 1.807) is 22.7 Å². The summed E-state index contributed by atoms with van der Waals surface area (Å²) in [7, 11) is 0. The third-order valence-electron chi connectivity index (χ3n) is 4.38. The fraction of sp³-hybridized carbons (Fsp3) is 0. The maximum atomic E-state index is 11.7. The van der Waals surface area contributed by atoms with Gasteiger partial charge in [-0.2, -0.15) is 0 Å². The number of fused-ring (bicyclic) bond motifs is 4. The van der Waals surface area contributed by atoms with Crippen LogP contribution in [0.5, 0.6) is 0 Å². The Hall–Kier alpha value is -3.80. The quantitative estimate of drug-likeness (QED) is 0.529. The molecule has 5 aromatic rings. The molecule has 6 heteroatoms. The summed E-state index contributed by atoms with van der Waals surface area (Å²) in [4.78, 5) is 20.8. The van der Waals surface area contributed by atoms with E-state index in [2.05, 4.69) is 15.1 Å². The fourth-order valence-corrected chi connectivity index (χ4v) is 3.17. The Bertz CT molecular complexity index is 1320. The summed E-state index contributed by atoms with van der Waals surface area (Å²) >= 11 is 0. The topological polar surface area (TPSA) is 80.4 Å². The van der Waals surface area contributed by atoms with Gasteiger partial charge < -0.3 is 5.11 Å². The normalized spacial score (nSPS) is 11.4. The molecule has 0 spiro atoms. The lowest BCUT2D eigenvalue weighted by molar-refractivity contribution is 0.0699. The van der Waals surface area contributed by atoms with E-state index < -0.39 is 5.97 Å². The molecular weight excluding hydrogens is 328 g/mol. The third kappa shape index (κ3) is 2.12. The minimum Gasteiger partial charge on any atom is -0.478 e. The van der Waals surface area contributed by atoms with Crippen LogP contribution in [0.15, 0.2) is 66.7 Å². The summed E-state index contributed by atoms with van der Waals surface area (Å²) in [5, 5.41) is 15.8. The van der Waals surface area contributed by atoms with Crippen molar-refractivity contribution in [1.29, 1.82) is 0 Å². The van der Waals surface area contributed by atoms with E-state index in [1.807, 2.05) is 42.5 Å². The van der Waals surface area contributed by atoms with E-state index in [9.17, 15) is 9.90 Å². The van der Waals surface area contributed by atoms with Crippen LogP contribution in [0.4, 0.5) is 0 Å². The van der Waals surface area contributed by atoms with Crippen LogP contribution in [-0.2, 0) is 0 Å². The van der Waals surface area contributed by atoms with Crippen molar-refractivity contribution in [2.45, 2.75) is 0 Å². The maximum absolute atomic E-state index is 11.7. The number of aromatic carboxylic acids is 1. The zero-order chi connectivity index (χ0) is 17.7. The molecule has 26 heavy (non-hydrogen) atoms. The smallest absolute Gasteiger partial charge is 0.336 e. The maximum Gasteiger partial charge on any atom is 0.336 e. The van der Waals surface area contributed by atoms with Crippen LogP contribution in [0.25, 0.3) is 39.0 Å². The predicted molar refractivity (Wildman–Crippen MR) is 98.2 cm³/mol. The number of benzene rings is 2. The highest BCUT2D eigenvalue weighted by molar-refractivity contribution is 6.03. The molecule has 0 aliphatic rings. The molecule has 2 aromatic carbocycles. The van der Waals surface area contributed by atoms with Gasteiger partial charge in [0, 0.05) is 10.8 Å². The van der Waals surface area contributed by atoms with Crippen LogP contribution in [0.2, 0.25) is 0 Å². The van der Waals surface area contributed by atoms with Crippen LogP contribution < -0.4 is 0 Å². The molecule has 0 bridgehead atoms. The molecule has 1 N–H and O–H groups in total. The van der Waals surface area contributed by atoms with Gasteiger partial charge in [-0.15, -0.1) is 5.10 Å². The molecule has 3 aromatic heterocycles. The molecule has 0 saturated heterocycles. The van der Waals surface area contributed by atoms with Crippen LogP contribution >= 0.6 is 0 Å². The number of carboxylic acids is 1. The zero-order valence-electron chi connectivity index (χ0n) is 13.5. The monoisotopic (exact) mass is 340 g/mol. The second kappa shape index (κ2) is 5.35. The van der Waals surface area contributed by atoms with Crippen molar-refractivity contribution in [3.8, 4) is 11.5 Å². The minimum atomic E-state index is -1.00. The van der Waals surface area contributed by atoms with Crippen molar-refractivity contribution >= 4 is 33.4 Å². The summed E-state index contributed by atoms with van der Waals surface area (Å²) < 4.78 is 1.75. The summed E-state index contributed by atoms with van der Waals surface area (Å²) in [6.45, 7) is 0. The first-order valence-electron chi connectivity index (χ1n) is 8.09. The van der Waals surface area contributed by atoms with E-state index in [4.69, 9.17) is 0 Å². The Kier molecular flexibility index (Phi) is 2.99. The molecule has 3 heterocycles. The van der Waals surface area contributed by atoms with E-state index in [1.165, 1.54) is 6.07 Å². The Morgan fingerprint density at radius 3 is 2.62 bits per heavy atom. The highest BCUT2D eigenvalue weighted by Crippen LogP contribution is 2.24. The first-order chi connectivity index (χ1) is 12.7. The average Bonchev–Trinajstić information content (AvgIpc) is 3.12. The highest BCUT2D eigenvalue weighted by Gasteiger charge is 2.16. The molecule has 0 fully saturated rings. The Morgan fingerprint density at radius 2 is 1.73 bits per heavy atom. The number of hydrogen-bond donors (Lipinski definition) is 1. The van der Waals surface area contributed by atoms with Gasteiger partial charge in [-0.3, -0.25) is 0 Å². The number of carbonyl (C=O) groups is 1. The molecule has 5 rings (SSSR count). The molecule has 0 atom stereocenters. The first kappa shape index (κ1) is 14.5. The number of carboxylic acid groups (broad SMARTS) is 1. The molecule has 0 amide bonds.